The summed E-state index contributed by atoms with van der Waals surface area (Å²) in [6.45, 7) is 0.363. The lowest BCUT2D eigenvalue weighted by atomic mass is 10.3. The molecule has 102 valence electrons. The molecule has 2 rings (SSSR count). The highest BCUT2D eigenvalue weighted by Gasteiger charge is 2.13. The van der Waals surface area contributed by atoms with Gasteiger partial charge in [0.15, 0.2) is 0 Å². The van der Waals surface area contributed by atoms with Gasteiger partial charge in [-0.05, 0) is 11.4 Å². The van der Waals surface area contributed by atoms with Gasteiger partial charge < -0.3 is 15.2 Å². The van der Waals surface area contributed by atoms with E-state index in [9.17, 15) is 9.90 Å². The van der Waals surface area contributed by atoms with E-state index in [1.54, 1.807) is 17.5 Å². The Morgan fingerprint density at radius 2 is 2.47 bits per heavy atom. The lowest BCUT2D eigenvalue weighted by molar-refractivity contribution is 0.0610. The highest BCUT2D eigenvalue weighted by atomic mass is 32.1. The zero-order valence-electron chi connectivity index (χ0n) is 10.3. The van der Waals surface area contributed by atoms with Gasteiger partial charge in [-0.3, -0.25) is 4.79 Å². The number of carbonyl (C=O) groups excluding carboxylic acids is 1. The summed E-state index contributed by atoms with van der Waals surface area (Å²) in [5.74, 6) is -0.228. The van der Waals surface area contributed by atoms with Crippen LogP contribution in [0.15, 0.2) is 23.0 Å². The third kappa shape index (κ3) is 3.84. The number of methoxy groups -OCH3 is 1. The summed E-state index contributed by atoms with van der Waals surface area (Å²) in [5.41, 5.74) is 1.02. The molecule has 0 aliphatic carbocycles. The van der Waals surface area contributed by atoms with Crippen molar-refractivity contribution in [1.29, 1.82) is 0 Å². The van der Waals surface area contributed by atoms with Crippen molar-refractivity contribution in [3.63, 3.8) is 0 Å². The van der Waals surface area contributed by atoms with Crippen LogP contribution < -0.4 is 5.32 Å². The topological polar surface area (TPSA) is 71.5 Å². The molecule has 1 atom stereocenters. The lowest BCUT2D eigenvalue weighted by Crippen LogP contribution is -2.33. The van der Waals surface area contributed by atoms with Gasteiger partial charge in [-0.2, -0.15) is 11.3 Å². The van der Waals surface area contributed by atoms with Gasteiger partial charge in [0.05, 0.1) is 18.9 Å². The van der Waals surface area contributed by atoms with Crippen LogP contribution in [-0.2, 0) is 4.74 Å². The maximum atomic E-state index is 11.8. The monoisotopic (exact) mass is 298 g/mol. The second-order valence-corrected chi connectivity index (χ2v) is 5.67. The van der Waals surface area contributed by atoms with Gasteiger partial charge in [0.1, 0.15) is 9.88 Å². The highest BCUT2D eigenvalue weighted by molar-refractivity contribution is 7.17. The Labute approximate surface area is 118 Å². The van der Waals surface area contributed by atoms with Crippen molar-refractivity contribution in [3.05, 3.63) is 27.9 Å². The van der Waals surface area contributed by atoms with E-state index in [0.29, 0.717) is 4.88 Å². The minimum Gasteiger partial charge on any atom is -0.389 e. The van der Waals surface area contributed by atoms with Crippen molar-refractivity contribution in [2.45, 2.75) is 6.10 Å². The van der Waals surface area contributed by atoms with Gasteiger partial charge in [-0.25, -0.2) is 4.98 Å². The second kappa shape index (κ2) is 6.76. The quantitative estimate of drug-likeness (QED) is 0.850. The third-order valence-electron chi connectivity index (χ3n) is 2.35. The number of thiazole rings is 1. The van der Waals surface area contributed by atoms with Gasteiger partial charge in [0, 0.05) is 24.6 Å². The first-order valence-electron chi connectivity index (χ1n) is 5.64. The molecule has 2 N–H and O–H groups in total. The molecule has 2 aromatic rings. The molecule has 1 amide bonds. The van der Waals surface area contributed by atoms with E-state index in [0.717, 1.165) is 10.6 Å². The minimum atomic E-state index is -0.696. The number of amides is 1. The number of aliphatic hydroxyl groups is 1. The minimum absolute atomic E-state index is 0.165. The first-order chi connectivity index (χ1) is 9.20. The van der Waals surface area contributed by atoms with Gasteiger partial charge in [0.2, 0.25) is 0 Å². The molecule has 0 spiro atoms. The molecule has 2 heterocycles. The van der Waals surface area contributed by atoms with E-state index in [1.165, 1.54) is 18.4 Å². The number of hydrogen-bond acceptors (Lipinski definition) is 6. The molecule has 0 fully saturated rings. The van der Waals surface area contributed by atoms with E-state index in [1.807, 2.05) is 16.8 Å². The molecule has 0 saturated carbocycles. The second-order valence-electron chi connectivity index (χ2n) is 3.86. The molecule has 1 unspecified atom stereocenters. The van der Waals surface area contributed by atoms with Gasteiger partial charge in [-0.15, -0.1) is 11.3 Å². The lowest BCUT2D eigenvalue weighted by Gasteiger charge is -2.09. The van der Waals surface area contributed by atoms with E-state index >= 15 is 0 Å². The van der Waals surface area contributed by atoms with Crippen LogP contribution in [0, 0.1) is 0 Å². The number of carbonyl (C=O) groups is 1. The Morgan fingerprint density at radius 3 is 3.16 bits per heavy atom. The largest absolute Gasteiger partial charge is 0.389 e. The van der Waals surface area contributed by atoms with Crippen molar-refractivity contribution in [2.24, 2.45) is 0 Å². The van der Waals surface area contributed by atoms with Crippen molar-refractivity contribution < 1.29 is 14.6 Å². The van der Waals surface area contributed by atoms with Crippen LogP contribution in [0.3, 0.4) is 0 Å². The standard InChI is InChI=1S/C12H14N2O3S2/c1-17-6-9(15)4-13-11(16)10-5-14-12(19-10)8-2-3-18-7-8/h2-3,5,7,9,15H,4,6H2,1H3,(H,13,16). The number of nitrogens with zero attached hydrogens (tertiary/aromatic N) is 1. The summed E-state index contributed by atoms with van der Waals surface area (Å²) < 4.78 is 4.78. The summed E-state index contributed by atoms with van der Waals surface area (Å²) in [6.07, 6.45) is 0.855. The summed E-state index contributed by atoms with van der Waals surface area (Å²) in [4.78, 5) is 16.6. The van der Waals surface area contributed by atoms with Crippen LogP contribution >= 0.6 is 22.7 Å². The van der Waals surface area contributed by atoms with Gasteiger partial charge >= 0.3 is 0 Å². The number of rotatable bonds is 6. The zero-order chi connectivity index (χ0) is 13.7. The average Bonchev–Trinajstić information content (AvgIpc) is 3.06. The summed E-state index contributed by atoms with van der Waals surface area (Å²) in [7, 11) is 1.50. The molecule has 0 aliphatic heterocycles. The normalized spacial score (nSPS) is 12.3. The smallest absolute Gasteiger partial charge is 0.263 e. The molecule has 0 saturated heterocycles. The molecule has 7 heteroatoms. The molecule has 5 nitrogen and oxygen atoms in total. The molecule has 0 radical (unpaired) electrons. The first kappa shape index (κ1) is 14.1. The molecule has 0 aliphatic rings. The van der Waals surface area contributed by atoms with Crippen LogP contribution in [-0.4, -0.2) is 42.4 Å². The fourth-order valence-electron chi connectivity index (χ4n) is 1.45. The number of hydrogen-bond donors (Lipinski definition) is 2. The van der Waals surface area contributed by atoms with E-state index in [4.69, 9.17) is 4.74 Å². The van der Waals surface area contributed by atoms with Crippen molar-refractivity contribution >= 4 is 28.6 Å². The highest BCUT2D eigenvalue weighted by Crippen LogP contribution is 2.26. The number of aliphatic hydroxyl groups excluding tert-OH is 1. The van der Waals surface area contributed by atoms with Crippen LogP contribution in [0.25, 0.3) is 10.6 Å². The fourth-order valence-corrected chi connectivity index (χ4v) is 2.99. The van der Waals surface area contributed by atoms with Crippen molar-refractivity contribution in [1.82, 2.24) is 10.3 Å². The molecule has 2 aromatic heterocycles. The van der Waals surface area contributed by atoms with Crippen LogP contribution in [0.2, 0.25) is 0 Å². The van der Waals surface area contributed by atoms with Gasteiger partial charge in [-0.1, -0.05) is 0 Å². The van der Waals surface area contributed by atoms with E-state index in [2.05, 4.69) is 10.3 Å². The Hall–Kier alpha value is -1.28. The van der Waals surface area contributed by atoms with Crippen molar-refractivity contribution in [2.75, 3.05) is 20.3 Å². The predicted octanol–water partition coefficient (Wildman–Crippen LogP) is 1.61. The maximum Gasteiger partial charge on any atom is 0.263 e. The maximum absolute atomic E-state index is 11.8. The number of aromatic nitrogens is 1. The van der Waals surface area contributed by atoms with Crippen LogP contribution in [0.5, 0.6) is 0 Å². The summed E-state index contributed by atoms with van der Waals surface area (Å²) in [6, 6.07) is 1.97. The van der Waals surface area contributed by atoms with E-state index in [-0.39, 0.29) is 19.1 Å². The Balaban J connectivity index is 1.93. The Morgan fingerprint density at radius 1 is 1.63 bits per heavy atom. The first-order valence-corrected chi connectivity index (χ1v) is 7.40. The molecular formula is C12H14N2O3S2. The van der Waals surface area contributed by atoms with E-state index < -0.39 is 6.10 Å². The predicted molar refractivity (Wildman–Crippen MR) is 75.6 cm³/mol. The molecule has 0 aromatic carbocycles. The number of thiophene rings is 1. The Kier molecular flexibility index (Phi) is 5.03. The van der Waals surface area contributed by atoms with Crippen LogP contribution in [0.4, 0.5) is 0 Å². The molecule has 0 bridgehead atoms. The van der Waals surface area contributed by atoms with Gasteiger partial charge in [0.25, 0.3) is 5.91 Å². The summed E-state index contributed by atoms with van der Waals surface area (Å²) >= 11 is 2.93. The number of ether oxygens (including phenoxy) is 1. The fraction of sp³-hybridized carbons (Fsp3) is 0.333. The number of nitrogens with one attached hydrogen (secondary N) is 1. The Bertz CT molecular complexity index is 525. The van der Waals surface area contributed by atoms with Crippen LogP contribution in [0.1, 0.15) is 9.67 Å². The van der Waals surface area contributed by atoms with Crippen molar-refractivity contribution in [3.8, 4) is 10.6 Å². The molecule has 19 heavy (non-hydrogen) atoms. The molecular weight excluding hydrogens is 284 g/mol. The SMILES string of the molecule is COCC(O)CNC(=O)c1cnc(-c2ccsc2)s1. The zero-order valence-corrected chi connectivity index (χ0v) is 12.0. The average molecular weight is 298 g/mol. The summed E-state index contributed by atoms with van der Waals surface area (Å²) in [5, 5.41) is 16.9. The third-order valence-corrected chi connectivity index (χ3v) is 4.08.